The maximum absolute atomic E-state index is 13.0. The quantitative estimate of drug-likeness (QED) is 0.510. The molecule has 1 aromatic heterocycles. The highest BCUT2D eigenvalue weighted by molar-refractivity contribution is 9.13. The van der Waals surface area contributed by atoms with Crippen LogP contribution in [0.4, 0.5) is 0 Å². The first-order valence-corrected chi connectivity index (χ1v) is 11.1. The maximum Gasteiger partial charge on any atom is 0.272 e. The Bertz CT molecular complexity index is 1030. The third kappa shape index (κ3) is 4.05. The van der Waals surface area contributed by atoms with Gasteiger partial charge < -0.3 is 15.6 Å². The van der Waals surface area contributed by atoms with Gasteiger partial charge in [-0.3, -0.25) is 9.59 Å². The molecule has 0 radical (unpaired) electrons. The van der Waals surface area contributed by atoms with Crippen LogP contribution in [0.3, 0.4) is 0 Å². The number of nitrogens with zero attached hydrogens (tertiary/aromatic N) is 1. The molecule has 0 bridgehead atoms. The van der Waals surface area contributed by atoms with Gasteiger partial charge in [-0.05, 0) is 56.5 Å². The first kappa shape index (κ1) is 21.8. The summed E-state index contributed by atoms with van der Waals surface area (Å²) in [5, 5.41) is 6.63. The normalized spacial score (nSPS) is 20.4. The van der Waals surface area contributed by atoms with Gasteiger partial charge in [0.05, 0.1) is 0 Å². The van der Waals surface area contributed by atoms with Crippen molar-refractivity contribution in [3.05, 3.63) is 39.0 Å². The molecule has 154 valence electrons. The highest BCUT2D eigenvalue weighted by Crippen LogP contribution is 2.31. The van der Waals surface area contributed by atoms with Crippen molar-refractivity contribution in [2.24, 2.45) is 16.8 Å². The predicted molar refractivity (Wildman–Crippen MR) is 123 cm³/mol. The number of aromatic amines is 1. The van der Waals surface area contributed by atoms with E-state index in [9.17, 15) is 9.59 Å². The van der Waals surface area contributed by atoms with Gasteiger partial charge in [0.2, 0.25) is 5.66 Å². The molecule has 2 atom stereocenters. The van der Waals surface area contributed by atoms with Crippen LogP contribution in [0.5, 0.6) is 0 Å². The van der Waals surface area contributed by atoms with E-state index in [4.69, 9.17) is 0 Å². The first-order valence-electron chi connectivity index (χ1n) is 9.55. The average molecular weight is 524 g/mol. The number of carbonyl (C=O) groups is 2. The number of hydrogen-bond donors (Lipinski definition) is 3. The Kier molecular flexibility index (Phi) is 6.33. The second kappa shape index (κ2) is 8.44. The van der Waals surface area contributed by atoms with Crippen LogP contribution in [0.25, 0.3) is 17.0 Å². The zero-order valence-corrected chi connectivity index (χ0v) is 19.9. The molecule has 8 heteroatoms. The number of carbonyl (C=O) groups excluding carboxylic acids is 2. The minimum atomic E-state index is -1.28. The number of rotatable bonds is 6. The Hall–Kier alpha value is -1.93. The predicted octanol–water partition coefficient (Wildman–Crippen LogP) is 4.75. The molecule has 2 unspecified atom stereocenters. The monoisotopic (exact) mass is 522 g/mol. The smallest absolute Gasteiger partial charge is 0.272 e. The third-order valence-electron chi connectivity index (χ3n) is 5.33. The van der Waals surface area contributed by atoms with E-state index in [2.05, 4.69) is 52.5 Å². The van der Waals surface area contributed by atoms with Gasteiger partial charge in [0.25, 0.3) is 11.8 Å². The highest BCUT2D eigenvalue weighted by atomic mass is 79.9. The largest absolute Gasteiger partial charge is 0.361 e. The number of aliphatic imine (C=N–C) groups is 1. The summed E-state index contributed by atoms with van der Waals surface area (Å²) in [7, 11) is 0. The summed E-state index contributed by atoms with van der Waals surface area (Å²) >= 11 is 7.00. The van der Waals surface area contributed by atoms with E-state index < -0.39 is 5.66 Å². The van der Waals surface area contributed by atoms with Gasteiger partial charge >= 0.3 is 0 Å². The Morgan fingerprint density at radius 2 is 1.97 bits per heavy atom. The van der Waals surface area contributed by atoms with E-state index in [1.165, 1.54) is 0 Å². The van der Waals surface area contributed by atoms with Gasteiger partial charge in [-0.2, -0.15) is 0 Å². The minimum Gasteiger partial charge on any atom is -0.361 e. The van der Waals surface area contributed by atoms with Crippen molar-refractivity contribution in [1.82, 2.24) is 15.6 Å². The number of halogens is 2. The van der Waals surface area contributed by atoms with E-state index in [1.54, 1.807) is 6.20 Å². The van der Waals surface area contributed by atoms with Gasteiger partial charge in [0, 0.05) is 49.6 Å². The molecule has 2 aromatic rings. The van der Waals surface area contributed by atoms with Crippen molar-refractivity contribution in [3.63, 3.8) is 0 Å². The zero-order valence-electron chi connectivity index (χ0n) is 16.8. The molecule has 0 saturated heterocycles. The molecule has 3 N–H and O–H groups in total. The molecule has 0 spiro atoms. The molecule has 1 aromatic carbocycles. The van der Waals surface area contributed by atoms with Crippen LogP contribution in [-0.4, -0.2) is 28.2 Å². The molecular formula is C21H24Br2N4O2. The lowest BCUT2D eigenvalue weighted by Gasteiger charge is -2.28. The average Bonchev–Trinajstić information content (AvgIpc) is 3.23. The van der Waals surface area contributed by atoms with Crippen molar-refractivity contribution in [2.75, 3.05) is 0 Å². The van der Waals surface area contributed by atoms with Crippen LogP contribution in [0, 0.1) is 11.8 Å². The van der Waals surface area contributed by atoms with Crippen LogP contribution in [-0.2, 0) is 9.59 Å². The van der Waals surface area contributed by atoms with Crippen LogP contribution in [0.15, 0.2) is 38.5 Å². The highest BCUT2D eigenvalue weighted by Gasteiger charge is 2.48. The van der Waals surface area contributed by atoms with E-state index in [0.29, 0.717) is 5.71 Å². The van der Waals surface area contributed by atoms with E-state index in [0.717, 1.165) is 31.8 Å². The van der Waals surface area contributed by atoms with Crippen molar-refractivity contribution < 1.29 is 9.59 Å². The van der Waals surface area contributed by atoms with Crippen LogP contribution in [0.2, 0.25) is 0 Å². The van der Waals surface area contributed by atoms with Gasteiger partial charge in [-0.1, -0.05) is 27.7 Å². The lowest BCUT2D eigenvalue weighted by Crippen LogP contribution is -2.57. The van der Waals surface area contributed by atoms with Crippen molar-refractivity contribution in [3.8, 4) is 0 Å². The van der Waals surface area contributed by atoms with Crippen molar-refractivity contribution >= 4 is 66.4 Å². The topological polar surface area (TPSA) is 86.3 Å². The van der Waals surface area contributed by atoms with Crippen molar-refractivity contribution in [1.29, 1.82) is 0 Å². The molecule has 2 heterocycles. The Morgan fingerprint density at radius 3 is 2.62 bits per heavy atom. The van der Waals surface area contributed by atoms with Gasteiger partial charge in [0.1, 0.15) is 5.71 Å². The fraction of sp³-hybridized carbons (Fsp3) is 0.381. The molecule has 2 amide bonds. The molecule has 0 aliphatic carbocycles. The van der Waals surface area contributed by atoms with Crippen LogP contribution >= 0.6 is 31.9 Å². The van der Waals surface area contributed by atoms with Gasteiger partial charge in [0.15, 0.2) is 0 Å². The molecular weight excluding hydrogens is 500 g/mol. The molecule has 29 heavy (non-hydrogen) atoms. The van der Waals surface area contributed by atoms with E-state index >= 15 is 0 Å². The number of H-pyrrole nitrogens is 1. The molecule has 1 aliphatic heterocycles. The lowest BCUT2D eigenvalue weighted by molar-refractivity contribution is -0.131. The van der Waals surface area contributed by atoms with Gasteiger partial charge in [-0.15, -0.1) is 0 Å². The standard InChI is InChI=1S/C21H24Br2N4O2/c1-5-12(4)18-19(28)27-21(26-18,11(2)3)20(29)24-7-6-13-10-25-17-9-16(23)15(22)8-14(13)17/h6-12,25H,5H2,1-4H3,(H,24,29)(H,27,28). The molecule has 0 fully saturated rings. The summed E-state index contributed by atoms with van der Waals surface area (Å²) in [6, 6.07) is 4.00. The molecule has 3 rings (SSSR count). The molecule has 1 aliphatic rings. The number of fused-ring (bicyclic) bond motifs is 1. The summed E-state index contributed by atoms with van der Waals surface area (Å²) in [5.74, 6) is -0.802. The minimum absolute atomic E-state index is 0.00274. The summed E-state index contributed by atoms with van der Waals surface area (Å²) in [6.45, 7) is 7.69. The molecule has 6 nitrogen and oxygen atoms in total. The second-order valence-electron chi connectivity index (χ2n) is 7.54. The fourth-order valence-corrected chi connectivity index (χ4v) is 3.96. The van der Waals surface area contributed by atoms with Crippen LogP contribution < -0.4 is 10.6 Å². The van der Waals surface area contributed by atoms with E-state index in [-0.39, 0.29) is 23.7 Å². The first-order chi connectivity index (χ1) is 13.7. The third-order valence-corrected chi connectivity index (χ3v) is 7.17. The van der Waals surface area contributed by atoms with Gasteiger partial charge in [-0.25, -0.2) is 4.99 Å². The summed E-state index contributed by atoms with van der Waals surface area (Å²) in [4.78, 5) is 33.2. The summed E-state index contributed by atoms with van der Waals surface area (Å²) < 4.78 is 1.91. The van der Waals surface area contributed by atoms with Crippen LogP contribution in [0.1, 0.15) is 39.7 Å². The number of amides is 2. The fourth-order valence-electron chi connectivity index (χ4n) is 3.27. The Labute approximate surface area is 186 Å². The summed E-state index contributed by atoms with van der Waals surface area (Å²) in [6.07, 6.45) is 6.07. The SMILES string of the molecule is CCC(C)C1=NC(C(=O)NC=Cc2c[nH]c3cc(Br)c(Br)cc23)(C(C)C)NC1=O. The Morgan fingerprint density at radius 1 is 1.28 bits per heavy atom. The number of aromatic nitrogens is 1. The lowest BCUT2D eigenvalue weighted by atomic mass is 9.96. The number of hydrogen-bond acceptors (Lipinski definition) is 3. The van der Waals surface area contributed by atoms with E-state index in [1.807, 2.05) is 52.1 Å². The zero-order chi connectivity index (χ0) is 21.3. The second-order valence-corrected chi connectivity index (χ2v) is 9.25. The maximum atomic E-state index is 13.0. The number of nitrogens with one attached hydrogen (secondary N) is 3. The van der Waals surface area contributed by atoms with Crippen molar-refractivity contribution in [2.45, 2.75) is 39.8 Å². The molecule has 0 saturated carbocycles. The number of benzene rings is 1. The Balaban J connectivity index is 1.83. The summed E-state index contributed by atoms with van der Waals surface area (Å²) in [5.41, 5.74) is 1.07.